The zero-order chi connectivity index (χ0) is 28.4. The standard InChI is InChI=1S/C30H36BrN3O4S/c1-4-23-15-17-27(18-16-23)34(39(3,37)38)19-9-14-29(35)33(22-25-12-8-13-26(31)20-25)28(30(36)32-2)21-24-10-6-5-7-11-24/h5-8,10-13,15-18,20,28H,4,9,14,19,21-22H2,1-3H3,(H,32,36). The maximum Gasteiger partial charge on any atom is 0.242 e. The normalized spacial score (nSPS) is 12.0. The number of carbonyl (C=O) groups excluding carboxylic acids is 2. The summed E-state index contributed by atoms with van der Waals surface area (Å²) >= 11 is 3.48. The monoisotopic (exact) mass is 613 g/mol. The van der Waals surface area contributed by atoms with Crippen LogP contribution < -0.4 is 9.62 Å². The lowest BCUT2D eigenvalue weighted by molar-refractivity contribution is -0.141. The summed E-state index contributed by atoms with van der Waals surface area (Å²) in [7, 11) is -1.98. The Morgan fingerprint density at radius 3 is 2.18 bits per heavy atom. The fraction of sp³-hybridized carbons (Fsp3) is 0.333. The summed E-state index contributed by atoms with van der Waals surface area (Å²) in [5.41, 5.74) is 3.51. The summed E-state index contributed by atoms with van der Waals surface area (Å²) in [6.45, 7) is 2.44. The largest absolute Gasteiger partial charge is 0.357 e. The predicted octanol–water partition coefficient (Wildman–Crippen LogP) is 4.94. The molecule has 1 atom stereocenters. The van der Waals surface area contributed by atoms with Gasteiger partial charge in [-0.25, -0.2) is 8.42 Å². The van der Waals surface area contributed by atoms with Crippen molar-refractivity contribution >= 4 is 43.5 Å². The topological polar surface area (TPSA) is 86.8 Å². The second-order valence-electron chi connectivity index (χ2n) is 9.43. The van der Waals surface area contributed by atoms with Crippen LogP contribution in [0.15, 0.2) is 83.3 Å². The molecule has 0 bridgehead atoms. The maximum absolute atomic E-state index is 13.7. The molecular weight excluding hydrogens is 578 g/mol. The van der Waals surface area contributed by atoms with Crippen molar-refractivity contribution in [1.82, 2.24) is 10.2 Å². The highest BCUT2D eigenvalue weighted by Gasteiger charge is 2.30. The third-order valence-corrected chi connectivity index (χ3v) is 8.23. The summed E-state index contributed by atoms with van der Waals surface area (Å²) in [4.78, 5) is 28.4. The van der Waals surface area contributed by atoms with E-state index >= 15 is 0 Å². The second kappa shape index (κ2) is 14.3. The summed E-state index contributed by atoms with van der Waals surface area (Å²) in [5, 5.41) is 2.71. The van der Waals surface area contributed by atoms with Crippen LogP contribution in [0.3, 0.4) is 0 Å². The molecule has 1 unspecified atom stereocenters. The molecule has 0 saturated carbocycles. The molecule has 3 rings (SSSR count). The average molecular weight is 615 g/mol. The van der Waals surface area contributed by atoms with Crippen molar-refractivity contribution < 1.29 is 18.0 Å². The summed E-state index contributed by atoms with van der Waals surface area (Å²) in [5.74, 6) is -0.467. The van der Waals surface area contributed by atoms with Crippen LogP contribution in [0.5, 0.6) is 0 Å². The Morgan fingerprint density at radius 2 is 1.59 bits per heavy atom. The minimum Gasteiger partial charge on any atom is -0.357 e. The molecule has 208 valence electrons. The smallest absolute Gasteiger partial charge is 0.242 e. The van der Waals surface area contributed by atoms with E-state index in [-0.39, 0.29) is 31.3 Å². The summed E-state index contributed by atoms with van der Waals surface area (Å²) in [6, 6.07) is 23.9. The van der Waals surface area contributed by atoms with Crippen molar-refractivity contribution in [2.45, 2.75) is 45.2 Å². The van der Waals surface area contributed by atoms with Crippen molar-refractivity contribution in [2.75, 3.05) is 24.2 Å². The molecule has 0 aliphatic heterocycles. The fourth-order valence-corrected chi connectivity index (χ4v) is 5.87. The van der Waals surface area contributed by atoms with Crippen molar-refractivity contribution in [3.63, 3.8) is 0 Å². The minimum absolute atomic E-state index is 0.0926. The van der Waals surface area contributed by atoms with Gasteiger partial charge in [-0.3, -0.25) is 13.9 Å². The average Bonchev–Trinajstić information content (AvgIpc) is 2.92. The van der Waals surface area contributed by atoms with E-state index in [2.05, 4.69) is 21.2 Å². The summed E-state index contributed by atoms with van der Waals surface area (Å²) in [6.07, 6.45) is 2.79. The molecule has 0 aromatic heterocycles. The number of anilines is 1. The van der Waals surface area contributed by atoms with Gasteiger partial charge < -0.3 is 10.2 Å². The number of hydrogen-bond acceptors (Lipinski definition) is 4. The number of nitrogens with one attached hydrogen (secondary N) is 1. The first-order valence-electron chi connectivity index (χ1n) is 13.0. The number of halogens is 1. The van der Waals surface area contributed by atoms with Crippen molar-refractivity contribution in [2.24, 2.45) is 0 Å². The molecule has 0 aliphatic carbocycles. The molecule has 39 heavy (non-hydrogen) atoms. The van der Waals surface area contributed by atoms with Crippen molar-refractivity contribution in [3.8, 4) is 0 Å². The van der Waals surface area contributed by atoms with Gasteiger partial charge in [0, 0.05) is 37.5 Å². The van der Waals surface area contributed by atoms with Crippen LogP contribution >= 0.6 is 15.9 Å². The molecule has 9 heteroatoms. The summed E-state index contributed by atoms with van der Waals surface area (Å²) < 4.78 is 27.4. The Kier molecular flexibility index (Phi) is 11.1. The molecule has 7 nitrogen and oxygen atoms in total. The number of rotatable bonds is 13. The lowest BCUT2D eigenvalue weighted by atomic mass is 10.0. The number of carbonyl (C=O) groups is 2. The molecule has 3 aromatic carbocycles. The van der Waals surface area contributed by atoms with Gasteiger partial charge in [0.05, 0.1) is 11.9 Å². The highest BCUT2D eigenvalue weighted by Crippen LogP contribution is 2.22. The predicted molar refractivity (Wildman–Crippen MR) is 160 cm³/mol. The quantitative estimate of drug-likeness (QED) is 0.296. The number of amides is 2. The van der Waals surface area contributed by atoms with Gasteiger partial charge in [0.2, 0.25) is 21.8 Å². The van der Waals surface area contributed by atoms with Crippen LogP contribution in [-0.4, -0.2) is 51.0 Å². The zero-order valence-electron chi connectivity index (χ0n) is 22.6. The molecule has 3 aromatic rings. The number of aryl methyl sites for hydroxylation is 1. The zero-order valence-corrected chi connectivity index (χ0v) is 25.0. The third-order valence-electron chi connectivity index (χ3n) is 6.54. The van der Waals surface area contributed by atoms with Crippen LogP contribution in [0.1, 0.15) is 36.5 Å². The Hall–Kier alpha value is -3.17. The van der Waals surface area contributed by atoms with E-state index in [9.17, 15) is 18.0 Å². The van der Waals surface area contributed by atoms with E-state index in [1.54, 1.807) is 24.1 Å². The molecule has 0 saturated heterocycles. The maximum atomic E-state index is 13.7. The van der Waals surface area contributed by atoms with Gasteiger partial charge in [0.1, 0.15) is 6.04 Å². The number of hydrogen-bond donors (Lipinski definition) is 1. The number of sulfonamides is 1. The number of nitrogens with zero attached hydrogens (tertiary/aromatic N) is 2. The number of likely N-dealkylation sites (N-methyl/N-ethyl adjacent to an activating group) is 1. The molecule has 1 N–H and O–H groups in total. The second-order valence-corrected chi connectivity index (χ2v) is 12.3. The van der Waals surface area contributed by atoms with Gasteiger partial charge in [0.15, 0.2) is 0 Å². The van der Waals surface area contributed by atoms with Gasteiger partial charge in [0.25, 0.3) is 0 Å². The molecular formula is C30H36BrN3O4S. The lowest BCUT2D eigenvalue weighted by Gasteiger charge is -2.31. The Morgan fingerprint density at radius 1 is 0.923 bits per heavy atom. The van der Waals surface area contributed by atoms with E-state index in [0.717, 1.165) is 27.6 Å². The van der Waals surface area contributed by atoms with E-state index in [1.807, 2.05) is 73.7 Å². The van der Waals surface area contributed by atoms with Gasteiger partial charge >= 0.3 is 0 Å². The molecule has 2 amide bonds. The molecule has 0 heterocycles. The van der Waals surface area contributed by atoms with Crippen LogP contribution in [-0.2, 0) is 39.0 Å². The molecule has 0 spiro atoms. The molecule has 0 radical (unpaired) electrons. The molecule has 0 aliphatic rings. The highest BCUT2D eigenvalue weighted by atomic mass is 79.9. The van der Waals surface area contributed by atoms with Crippen molar-refractivity contribution in [1.29, 1.82) is 0 Å². The van der Waals surface area contributed by atoms with Gasteiger partial charge in [-0.15, -0.1) is 0 Å². The van der Waals surface area contributed by atoms with Gasteiger partial charge in [-0.05, 0) is 53.8 Å². The van der Waals surface area contributed by atoms with Crippen LogP contribution in [0.2, 0.25) is 0 Å². The minimum atomic E-state index is -3.54. The first-order chi connectivity index (χ1) is 18.6. The van der Waals surface area contributed by atoms with Crippen LogP contribution in [0.25, 0.3) is 0 Å². The highest BCUT2D eigenvalue weighted by molar-refractivity contribution is 9.10. The van der Waals surface area contributed by atoms with Crippen LogP contribution in [0.4, 0.5) is 5.69 Å². The SMILES string of the molecule is CCc1ccc(N(CCCC(=O)N(Cc2cccc(Br)c2)C(Cc2ccccc2)C(=O)NC)S(C)(=O)=O)cc1. The Labute approximate surface area is 240 Å². The van der Waals surface area contributed by atoms with Gasteiger partial charge in [-0.1, -0.05) is 77.5 Å². The third kappa shape index (κ3) is 8.93. The lowest BCUT2D eigenvalue weighted by Crippen LogP contribution is -2.49. The van der Waals surface area contributed by atoms with Gasteiger partial charge in [-0.2, -0.15) is 0 Å². The first kappa shape index (κ1) is 30.4. The Bertz CT molecular complexity index is 1350. The van der Waals surface area contributed by atoms with E-state index in [0.29, 0.717) is 18.5 Å². The van der Waals surface area contributed by atoms with E-state index in [1.165, 1.54) is 10.6 Å². The van der Waals surface area contributed by atoms with E-state index < -0.39 is 16.1 Å². The Balaban J connectivity index is 1.83. The molecule has 0 fully saturated rings. The van der Waals surface area contributed by atoms with E-state index in [4.69, 9.17) is 0 Å². The first-order valence-corrected chi connectivity index (χ1v) is 15.6. The van der Waals surface area contributed by atoms with Crippen LogP contribution in [0, 0.1) is 0 Å². The van der Waals surface area contributed by atoms with Crippen molar-refractivity contribution in [3.05, 3.63) is 100 Å². The number of benzene rings is 3. The fourth-order valence-electron chi connectivity index (χ4n) is 4.45.